The van der Waals surface area contributed by atoms with E-state index in [4.69, 9.17) is 4.74 Å². The highest BCUT2D eigenvalue weighted by molar-refractivity contribution is 5.47. The smallest absolute Gasteiger partial charge is 0.127 e. The third-order valence-corrected chi connectivity index (χ3v) is 5.32. The van der Waals surface area contributed by atoms with Crippen molar-refractivity contribution in [3.63, 3.8) is 0 Å². The largest absolute Gasteiger partial charge is 0.496 e. The van der Waals surface area contributed by atoms with Crippen LogP contribution < -0.4 is 4.74 Å². The molecule has 0 saturated heterocycles. The van der Waals surface area contributed by atoms with Gasteiger partial charge in [0.25, 0.3) is 0 Å². The number of aliphatic hydroxyl groups is 1. The van der Waals surface area contributed by atoms with Crippen LogP contribution in [0.4, 0.5) is 0 Å². The summed E-state index contributed by atoms with van der Waals surface area (Å²) in [5.74, 6) is 0.842. The molecular weight excluding hydrogens is 262 g/mol. The third kappa shape index (κ3) is 2.82. The Morgan fingerprint density at radius 2 is 1.76 bits per heavy atom. The van der Waals surface area contributed by atoms with Gasteiger partial charge in [-0.3, -0.25) is 0 Å². The van der Waals surface area contributed by atoms with Crippen LogP contribution in [0.5, 0.6) is 5.75 Å². The first kappa shape index (κ1) is 16.3. The van der Waals surface area contributed by atoms with Gasteiger partial charge in [-0.2, -0.15) is 0 Å². The predicted molar refractivity (Wildman–Crippen MR) is 86.9 cm³/mol. The number of rotatable bonds is 4. The molecule has 0 aliphatic heterocycles. The molecule has 0 bridgehead atoms. The Bertz CT molecular complexity index is 490. The van der Waals surface area contributed by atoms with E-state index in [0.29, 0.717) is 0 Å². The molecule has 1 saturated carbocycles. The highest BCUT2D eigenvalue weighted by Gasteiger charge is 2.42. The molecule has 1 atom stereocenters. The SMILES string of the molecule is COc1c(C(O)C2(N(C)C)CCCCC2)ccc(C)c1C. The van der Waals surface area contributed by atoms with Gasteiger partial charge in [-0.1, -0.05) is 31.4 Å². The van der Waals surface area contributed by atoms with E-state index in [1.807, 2.05) is 6.07 Å². The number of nitrogens with zero attached hydrogens (tertiary/aromatic N) is 1. The lowest BCUT2D eigenvalue weighted by molar-refractivity contribution is -0.0346. The van der Waals surface area contributed by atoms with E-state index in [1.54, 1.807) is 7.11 Å². The second-order valence-electron chi connectivity index (χ2n) is 6.59. The summed E-state index contributed by atoms with van der Waals surface area (Å²) in [5, 5.41) is 11.2. The standard InChI is InChI=1S/C18H29NO2/c1-13-9-10-15(16(21-5)14(13)2)17(20)18(19(3)4)11-7-6-8-12-18/h9-10,17,20H,6-8,11-12H2,1-5H3. The van der Waals surface area contributed by atoms with Gasteiger partial charge in [-0.15, -0.1) is 0 Å². The molecule has 0 heterocycles. The van der Waals surface area contributed by atoms with Crippen LogP contribution in [0.2, 0.25) is 0 Å². The maximum absolute atomic E-state index is 11.2. The molecule has 0 aromatic heterocycles. The Balaban J connectivity index is 2.46. The molecule has 118 valence electrons. The molecule has 1 fully saturated rings. The maximum atomic E-state index is 11.2. The molecule has 1 aliphatic carbocycles. The summed E-state index contributed by atoms with van der Waals surface area (Å²) >= 11 is 0. The maximum Gasteiger partial charge on any atom is 0.127 e. The fourth-order valence-corrected chi connectivity index (χ4v) is 3.72. The molecule has 1 N–H and O–H groups in total. The van der Waals surface area contributed by atoms with Gasteiger partial charge in [0.05, 0.1) is 12.6 Å². The molecule has 21 heavy (non-hydrogen) atoms. The van der Waals surface area contributed by atoms with Crippen LogP contribution >= 0.6 is 0 Å². The number of aryl methyl sites for hydroxylation is 1. The molecule has 3 nitrogen and oxygen atoms in total. The van der Waals surface area contributed by atoms with Crippen LogP contribution in [0, 0.1) is 13.8 Å². The summed E-state index contributed by atoms with van der Waals surface area (Å²) < 4.78 is 5.62. The number of hydrogen-bond acceptors (Lipinski definition) is 3. The Kier molecular flexibility index (Phi) is 4.95. The molecule has 0 amide bonds. The van der Waals surface area contributed by atoms with Crippen molar-refractivity contribution in [2.45, 2.75) is 57.6 Å². The first-order chi connectivity index (χ1) is 9.94. The summed E-state index contributed by atoms with van der Waals surface area (Å²) in [6, 6.07) is 4.12. The Morgan fingerprint density at radius 1 is 1.14 bits per heavy atom. The van der Waals surface area contributed by atoms with Crippen molar-refractivity contribution in [2.24, 2.45) is 0 Å². The lowest BCUT2D eigenvalue weighted by atomic mass is 9.74. The molecule has 0 spiro atoms. The predicted octanol–water partition coefficient (Wildman–Crippen LogP) is 3.61. The van der Waals surface area contributed by atoms with Gasteiger partial charge >= 0.3 is 0 Å². The normalized spacial score (nSPS) is 19.6. The topological polar surface area (TPSA) is 32.7 Å². The first-order valence-corrected chi connectivity index (χ1v) is 7.93. The summed E-state index contributed by atoms with van der Waals surface area (Å²) in [7, 11) is 5.87. The van der Waals surface area contributed by atoms with E-state index in [0.717, 1.165) is 29.7 Å². The molecule has 0 radical (unpaired) electrons. The Morgan fingerprint density at radius 3 is 2.29 bits per heavy atom. The number of likely N-dealkylation sites (N-methyl/N-ethyl adjacent to an activating group) is 1. The number of benzene rings is 1. The fourth-order valence-electron chi connectivity index (χ4n) is 3.72. The number of aliphatic hydroxyl groups excluding tert-OH is 1. The van der Waals surface area contributed by atoms with Gasteiger partial charge in [-0.05, 0) is 51.9 Å². The summed E-state index contributed by atoms with van der Waals surface area (Å²) in [4.78, 5) is 2.21. The van der Waals surface area contributed by atoms with E-state index in [-0.39, 0.29) is 5.54 Å². The Hall–Kier alpha value is -1.06. The third-order valence-electron chi connectivity index (χ3n) is 5.32. The van der Waals surface area contributed by atoms with Crippen LogP contribution in [0.1, 0.15) is 54.9 Å². The second kappa shape index (κ2) is 6.37. The van der Waals surface area contributed by atoms with Crippen molar-refractivity contribution in [3.8, 4) is 5.75 Å². The number of hydrogen-bond donors (Lipinski definition) is 1. The molecule has 2 rings (SSSR count). The van der Waals surface area contributed by atoms with E-state index < -0.39 is 6.10 Å². The van der Waals surface area contributed by atoms with Crippen molar-refractivity contribution < 1.29 is 9.84 Å². The minimum atomic E-state index is -0.512. The summed E-state index contributed by atoms with van der Waals surface area (Å²) in [5.41, 5.74) is 3.08. The number of methoxy groups -OCH3 is 1. The molecule has 3 heteroatoms. The van der Waals surface area contributed by atoms with E-state index >= 15 is 0 Å². The first-order valence-electron chi connectivity index (χ1n) is 7.93. The zero-order valence-corrected chi connectivity index (χ0v) is 14.1. The van der Waals surface area contributed by atoms with Crippen molar-refractivity contribution in [2.75, 3.05) is 21.2 Å². The lowest BCUT2D eigenvalue weighted by Crippen LogP contribution is -2.50. The minimum Gasteiger partial charge on any atom is -0.496 e. The van der Waals surface area contributed by atoms with Gasteiger partial charge in [-0.25, -0.2) is 0 Å². The molecule has 1 aliphatic rings. The monoisotopic (exact) mass is 291 g/mol. The minimum absolute atomic E-state index is 0.173. The molecular formula is C18H29NO2. The van der Waals surface area contributed by atoms with Gasteiger partial charge in [0.1, 0.15) is 11.9 Å². The number of ether oxygens (including phenoxy) is 1. The average molecular weight is 291 g/mol. The zero-order chi connectivity index (χ0) is 15.6. The molecule has 1 aromatic carbocycles. The van der Waals surface area contributed by atoms with Crippen LogP contribution in [-0.2, 0) is 0 Å². The lowest BCUT2D eigenvalue weighted by Gasteiger charge is -2.46. The van der Waals surface area contributed by atoms with Gasteiger partial charge < -0.3 is 14.7 Å². The van der Waals surface area contributed by atoms with E-state index in [2.05, 4.69) is 38.9 Å². The van der Waals surface area contributed by atoms with Gasteiger partial charge in [0, 0.05) is 5.56 Å². The van der Waals surface area contributed by atoms with Crippen molar-refractivity contribution in [1.82, 2.24) is 4.90 Å². The Labute approximate surface area is 128 Å². The fraction of sp³-hybridized carbons (Fsp3) is 0.667. The van der Waals surface area contributed by atoms with Crippen LogP contribution in [0.3, 0.4) is 0 Å². The van der Waals surface area contributed by atoms with Gasteiger partial charge in [0.15, 0.2) is 0 Å². The second-order valence-corrected chi connectivity index (χ2v) is 6.59. The van der Waals surface area contributed by atoms with E-state index in [1.165, 1.54) is 24.8 Å². The molecule has 1 unspecified atom stereocenters. The average Bonchev–Trinajstić information content (AvgIpc) is 2.49. The summed E-state index contributed by atoms with van der Waals surface area (Å²) in [6.45, 7) is 4.14. The van der Waals surface area contributed by atoms with E-state index in [9.17, 15) is 5.11 Å². The summed E-state index contributed by atoms with van der Waals surface area (Å²) in [6.07, 6.45) is 5.20. The highest BCUT2D eigenvalue weighted by Crippen LogP contribution is 2.45. The van der Waals surface area contributed by atoms with Gasteiger partial charge in [0.2, 0.25) is 0 Å². The molecule has 1 aromatic rings. The van der Waals surface area contributed by atoms with Crippen molar-refractivity contribution in [3.05, 3.63) is 28.8 Å². The quantitative estimate of drug-likeness (QED) is 0.920. The van der Waals surface area contributed by atoms with Crippen LogP contribution in [-0.4, -0.2) is 36.8 Å². The van der Waals surface area contributed by atoms with Crippen molar-refractivity contribution >= 4 is 0 Å². The zero-order valence-electron chi connectivity index (χ0n) is 14.1. The van der Waals surface area contributed by atoms with Crippen molar-refractivity contribution in [1.29, 1.82) is 0 Å². The van der Waals surface area contributed by atoms with Crippen LogP contribution in [0.25, 0.3) is 0 Å². The van der Waals surface area contributed by atoms with Crippen LogP contribution in [0.15, 0.2) is 12.1 Å². The highest BCUT2D eigenvalue weighted by atomic mass is 16.5.